The van der Waals surface area contributed by atoms with Gasteiger partial charge in [-0.3, -0.25) is 9.59 Å². The first-order chi connectivity index (χ1) is 11.4. The molecule has 3 aromatic rings. The molecule has 4 heteroatoms. The van der Waals surface area contributed by atoms with Crippen LogP contribution in [0.3, 0.4) is 0 Å². The second-order valence-corrected chi connectivity index (χ2v) is 6.27. The molecule has 0 spiro atoms. The molecule has 0 saturated heterocycles. The Morgan fingerprint density at radius 1 is 1.04 bits per heavy atom. The van der Waals surface area contributed by atoms with Gasteiger partial charge in [-0.15, -0.1) is 0 Å². The molecule has 2 aromatic carbocycles. The number of hydrogen-bond acceptors (Lipinski definition) is 2. The Morgan fingerprint density at radius 3 is 2.29 bits per heavy atom. The SMILES string of the molecule is Cc1cccc(-c2c(C(N)=O)n(C(C)C)c(=O)c3ccccc23)c1. The molecule has 0 unspecified atom stereocenters. The average Bonchev–Trinajstić information content (AvgIpc) is 2.54. The second-order valence-electron chi connectivity index (χ2n) is 6.27. The Kier molecular flexibility index (Phi) is 3.97. The highest BCUT2D eigenvalue weighted by Gasteiger charge is 2.22. The Balaban J connectivity index is 2.59. The van der Waals surface area contributed by atoms with Crippen molar-refractivity contribution in [1.82, 2.24) is 4.57 Å². The predicted molar refractivity (Wildman–Crippen MR) is 97.3 cm³/mol. The Bertz CT molecular complexity index is 1000. The van der Waals surface area contributed by atoms with Gasteiger partial charge >= 0.3 is 0 Å². The molecule has 3 rings (SSSR count). The number of rotatable bonds is 3. The zero-order valence-corrected chi connectivity index (χ0v) is 14.0. The highest BCUT2D eigenvalue weighted by Crippen LogP contribution is 2.32. The van der Waals surface area contributed by atoms with Crippen LogP contribution in [-0.4, -0.2) is 10.5 Å². The van der Waals surface area contributed by atoms with E-state index in [9.17, 15) is 9.59 Å². The number of primary amides is 1. The topological polar surface area (TPSA) is 65.1 Å². The Hall–Kier alpha value is -2.88. The third-order valence-corrected chi connectivity index (χ3v) is 4.18. The second kappa shape index (κ2) is 5.96. The van der Waals surface area contributed by atoms with E-state index in [2.05, 4.69) is 0 Å². The summed E-state index contributed by atoms with van der Waals surface area (Å²) in [6, 6.07) is 15.1. The summed E-state index contributed by atoms with van der Waals surface area (Å²) in [7, 11) is 0. The summed E-state index contributed by atoms with van der Waals surface area (Å²) in [6.07, 6.45) is 0. The van der Waals surface area contributed by atoms with E-state index >= 15 is 0 Å². The number of hydrogen-bond donors (Lipinski definition) is 1. The molecule has 0 atom stereocenters. The monoisotopic (exact) mass is 320 g/mol. The molecule has 2 N–H and O–H groups in total. The zero-order chi connectivity index (χ0) is 17.4. The molecular formula is C20H20N2O2. The minimum absolute atomic E-state index is 0.173. The third kappa shape index (κ3) is 2.50. The van der Waals surface area contributed by atoms with Crippen LogP contribution in [0.1, 0.15) is 35.9 Å². The van der Waals surface area contributed by atoms with Crippen LogP contribution in [0.4, 0.5) is 0 Å². The van der Waals surface area contributed by atoms with Gasteiger partial charge in [0.25, 0.3) is 11.5 Å². The van der Waals surface area contributed by atoms with Crippen molar-refractivity contribution in [2.45, 2.75) is 26.8 Å². The van der Waals surface area contributed by atoms with Crippen molar-refractivity contribution in [2.75, 3.05) is 0 Å². The highest BCUT2D eigenvalue weighted by atomic mass is 16.2. The average molecular weight is 320 g/mol. The first kappa shape index (κ1) is 16.0. The normalized spacial score (nSPS) is 11.2. The first-order valence-corrected chi connectivity index (χ1v) is 7.96. The van der Waals surface area contributed by atoms with Gasteiger partial charge in [0.2, 0.25) is 0 Å². The maximum absolute atomic E-state index is 12.9. The fourth-order valence-electron chi connectivity index (χ4n) is 3.19. The van der Waals surface area contributed by atoms with Crippen LogP contribution in [-0.2, 0) is 0 Å². The smallest absolute Gasteiger partial charge is 0.266 e. The summed E-state index contributed by atoms with van der Waals surface area (Å²) < 4.78 is 1.50. The van der Waals surface area contributed by atoms with Gasteiger partial charge in [0.15, 0.2) is 0 Å². The van der Waals surface area contributed by atoms with Gasteiger partial charge < -0.3 is 10.3 Å². The molecule has 0 radical (unpaired) electrons. The van der Waals surface area contributed by atoms with E-state index in [0.29, 0.717) is 5.39 Å². The largest absolute Gasteiger partial charge is 0.364 e. The van der Waals surface area contributed by atoms with Crippen molar-refractivity contribution in [1.29, 1.82) is 0 Å². The van der Waals surface area contributed by atoms with Crippen LogP contribution >= 0.6 is 0 Å². The number of pyridine rings is 1. The lowest BCUT2D eigenvalue weighted by molar-refractivity contribution is 0.0989. The number of nitrogens with zero attached hydrogens (tertiary/aromatic N) is 1. The van der Waals surface area contributed by atoms with Crippen molar-refractivity contribution in [3.63, 3.8) is 0 Å². The van der Waals surface area contributed by atoms with Crippen molar-refractivity contribution < 1.29 is 4.79 Å². The zero-order valence-electron chi connectivity index (χ0n) is 14.0. The van der Waals surface area contributed by atoms with Gasteiger partial charge in [0, 0.05) is 17.0 Å². The summed E-state index contributed by atoms with van der Waals surface area (Å²) in [5, 5.41) is 1.34. The van der Waals surface area contributed by atoms with E-state index in [4.69, 9.17) is 5.73 Å². The maximum Gasteiger partial charge on any atom is 0.266 e. The molecule has 0 fully saturated rings. The van der Waals surface area contributed by atoms with Crippen LogP contribution in [0.2, 0.25) is 0 Å². The minimum Gasteiger partial charge on any atom is -0.364 e. The molecule has 122 valence electrons. The number of carbonyl (C=O) groups excluding carboxylic acids is 1. The van der Waals surface area contributed by atoms with E-state index < -0.39 is 5.91 Å². The van der Waals surface area contributed by atoms with Crippen LogP contribution in [0.5, 0.6) is 0 Å². The van der Waals surface area contributed by atoms with Crippen LogP contribution < -0.4 is 11.3 Å². The number of aryl methyl sites for hydroxylation is 1. The van der Waals surface area contributed by atoms with E-state index in [1.807, 2.05) is 63.2 Å². The van der Waals surface area contributed by atoms with E-state index in [-0.39, 0.29) is 17.3 Å². The quantitative estimate of drug-likeness (QED) is 0.800. The summed E-state index contributed by atoms with van der Waals surface area (Å²) in [6.45, 7) is 5.75. The number of nitrogens with two attached hydrogens (primary N) is 1. The van der Waals surface area contributed by atoms with Crippen LogP contribution in [0.15, 0.2) is 53.3 Å². The predicted octanol–water partition coefficient (Wildman–Crippen LogP) is 3.66. The maximum atomic E-state index is 12.9. The number of fused-ring (bicyclic) bond motifs is 1. The first-order valence-electron chi connectivity index (χ1n) is 7.96. The van der Waals surface area contributed by atoms with Gasteiger partial charge in [0.1, 0.15) is 5.69 Å². The van der Waals surface area contributed by atoms with Gasteiger partial charge in [-0.2, -0.15) is 0 Å². The van der Waals surface area contributed by atoms with E-state index in [1.54, 1.807) is 6.07 Å². The lowest BCUT2D eigenvalue weighted by Crippen LogP contribution is -2.31. The van der Waals surface area contributed by atoms with Gasteiger partial charge in [-0.05, 0) is 37.8 Å². The Labute approximate surface area is 140 Å². The number of amides is 1. The summed E-state index contributed by atoms with van der Waals surface area (Å²) in [4.78, 5) is 25.2. The molecule has 1 heterocycles. The molecule has 0 aliphatic heterocycles. The number of benzene rings is 2. The van der Waals surface area contributed by atoms with Crippen molar-refractivity contribution in [3.05, 3.63) is 70.1 Å². The molecule has 4 nitrogen and oxygen atoms in total. The summed E-state index contributed by atoms with van der Waals surface area (Å²) >= 11 is 0. The van der Waals surface area contributed by atoms with Crippen LogP contribution in [0.25, 0.3) is 21.9 Å². The number of carbonyl (C=O) groups is 1. The molecule has 24 heavy (non-hydrogen) atoms. The fraction of sp³-hybridized carbons (Fsp3) is 0.200. The van der Waals surface area contributed by atoms with Gasteiger partial charge in [-0.25, -0.2) is 0 Å². The van der Waals surface area contributed by atoms with Gasteiger partial charge in [0.05, 0.1) is 0 Å². The number of aromatic nitrogens is 1. The molecule has 0 aliphatic rings. The molecule has 0 saturated carbocycles. The van der Waals surface area contributed by atoms with Crippen molar-refractivity contribution in [2.24, 2.45) is 5.73 Å². The molecule has 1 aromatic heterocycles. The van der Waals surface area contributed by atoms with Crippen LogP contribution in [0, 0.1) is 6.92 Å². The highest BCUT2D eigenvalue weighted by molar-refractivity contribution is 6.08. The summed E-state index contributed by atoms with van der Waals surface area (Å²) in [5.74, 6) is -0.594. The van der Waals surface area contributed by atoms with Gasteiger partial charge in [-0.1, -0.05) is 48.0 Å². The molecular weight excluding hydrogens is 300 g/mol. The van der Waals surface area contributed by atoms with E-state index in [1.165, 1.54) is 4.57 Å². The van der Waals surface area contributed by atoms with E-state index in [0.717, 1.165) is 22.1 Å². The molecule has 0 aliphatic carbocycles. The molecule has 1 amide bonds. The lowest BCUT2D eigenvalue weighted by Gasteiger charge is -2.20. The lowest BCUT2D eigenvalue weighted by atomic mass is 9.95. The Morgan fingerprint density at radius 2 is 1.71 bits per heavy atom. The molecule has 0 bridgehead atoms. The third-order valence-electron chi connectivity index (χ3n) is 4.18. The minimum atomic E-state index is -0.594. The fourth-order valence-corrected chi connectivity index (χ4v) is 3.19. The van der Waals surface area contributed by atoms with Crippen molar-refractivity contribution in [3.8, 4) is 11.1 Å². The summed E-state index contributed by atoms with van der Waals surface area (Å²) in [5.41, 5.74) is 8.44. The van der Waals surface area contributed by atoms with Crippen molar-refractivity contribution >= 4 is 16.7 Å². The standard InChI is InChI=1S/C20H20N2O2/c1-12(2)22-18(19(21)23)17(14-8-6-7-13(3)11-14)15-9-4-5-10-16(15)20(22)24/h4-12H,1-3H3,(H2,21,23).